The Morgan fingerprint density at radius 2 is 2.00 bits per heavy atom. The summed E-state index contributed by atoms with van der Waals surface area (Å²) in [6.45, 7) is 0. The van der Waals surface area contributed by atoms with Gasteiger partial charge in [0.1, 0.15) is 0 Å². The average Bonchev–Trinajstić information content (AvgIpc) is 2.69. The van der Waals surface area contributed by atoms with Crippen LogP contribution in [0.15, 0.2) is 34.1 Å². The maximum absolute atomic E-state index is 8.70. The van der Waals surface area contributed by atoms with Gasteiger partial charge in [-0.15, -0.1) is 11.3 Å². The molecular formula is C12H8BrN3S. The summed E-state index contributed by atoms with van der Waals surface area (Å²) < 4.78 is 0.816. The van der Waals surface area contributed by atoms with E-state index in [1.165, 1.54) is 11.3 Å². The number of anilines is 1. The van der Waals surface area contributed by atoms with E-state index in [9.17, 15) is 0 Å². The molecule has 1 heterocycles. The van der Waals surface area contributed by atoms with Crippen LogP contribution in [0.2, 0.25) is 0 Å². The zero-order valence-corrected chi connectivity index (χ0v) is 11.1. The van der Waals surface area contributed by atoms with Crippen LogP contribution >= 0.6 is 27.3 Å². The van der Waals surface area contributed by atoms with Gasteiger partial charge in [0.2, 0.25) is 0 Å². The fraction of sp³-hybridized carbons (Fsp3) is 0. The number of thiophene rings is 1. The largest absolute Gasteiger partial charge is 0.397 e. The highest BCUT2D eigenvalue weighted by Gasteiger charge is 2.12. The molecule has 1 aromatic carbocycles. The van der Waals surface area contributed by atoms with E-state index in [0.717, 1.165) is 14.9 Å². The molecular weight excluding hydrogens is 298 g/mol. The third-order valence-electron chi connectivity index (χ3n) is 2.31. The molecule has 0 saturated carbocycles. The number of rotatable bonds is 2. The average molecular weight is 306 g/mol. The lowest BCUT2D eigenvalue weighted by molar-refractivity contribution is 1.45. The second-order valence-electron chi connectivity index (χ2n) is 3.39. The first-order chi connectivity index (χ1) is 8.13. The summed E-state index contributed by atoms with van der Waals surface area (Å²) in [6.07, 6.45) is 0. The van der Waals surface area contributed by atoms with Crippen molar-refractivity contribution in [2.24, 2.45) is 0 Å². The highest BCUT2D eigenvalue weighted by Crippen LogP contribution is 2.31. The number of benzene rings is 1. The second kappa shape index (κ2) is 4.70. The Bertz CT molecular complexity index is 608. The summed E-state index contributed by atoms with van der Waals surface area (Å²) in [6, 6.07) is 8.96. The van der Waals surface area contributed by atoms with Gasteiger partial charge in [-0.2, -0.15) is 5.26 Å². The van der Waals surface area contributed by atoms with Gasteiger partial charge in [-0.25, -0.2) is 0 Å². The lowest BCUT2D eigenvalue weighted by Gasteiger charge is -2.03. The van der Waals surface area contributed by atoms with Gasteiger partial charge in [0.05, 0.1) is 32.4 Å². The van der Waals surface area contributed by atoms with Crippen LogP contribution < -0.4 is 5.73 Å². The molecule has 0 amide bonds. The molecule has 2 rings (SSSR count). The molecule has 3 nitrogen and oxygen atoms in total. The fourth-order valence-corrected chi connectivity index (χ4v) is 2.81. The molecule has 0 atom stereocenters. The number of nitrogens with one attached hydrogen (secondary N) is 1. The molecule has 0 aliphatic heterocycles. The number of hydrogen-bond acceptors (Lipinski definition) is 4. The van der Waals surface area contributed by atoms with Crippen molar-refractivity contribution >= 4 is 38.7 Å². The van der Waals surface area contributed by atoms with E-state index < -0.39 is 0 Å². The minimum absolute atomic E-state index is 0.377. The fourth-order valence-electron chi connectivity index (χ4n) is 1.38. The molecule has 0 bridgehead atoms. The highest BCUT2D eigenvalue weighted by atomic mass is 79.9. The molecule has 5 heteroatoms. The number of halogens is 1. The number of nitrogens with zero attached hydrogens (tertiary/aromatic N) is 1. The minimum atomic E-state index is 0.377. The number of nitrogens with two attached hydrogens (primary N) is 1. The van der Waals surface area contributed by atoms with Crippen molar-refractivity contribution in [2.75, 3.05) is 5.73 Å². The number of nitriles is 1. The van der Waals surface area contributed by atoms with E-state index >= 15 is 0 Å². The molecule has 2 aromatic rings. The Kier molecular flexibility index (Phi) is 3.27. The molecule has 17 heavy (non-hydrogen) atoms. The van der Waals surface area contributed by atoms with Crippen molar-refractivity contribution in [1.29, 1.82) is 10.7 Å². The van der Waals surface area contributed by atoms with Crippen molar-refractivity contribution in [2.45, 2.75) is 0 Å². The summed E-state index contributed by atoms with van der Waals surface area (Å²) in [4.78, 5) is 0.738. The zero-order chi connectivity index (χ0) is 12.4. The molecule has 0 spiro atoms. The zero-order valence-electron chi connectivity index (χ0n) is 8.70. The first-order valence-corrected chi connectivity index (χ1v) is 6.42. The molecule has 3 N–H and O–H groups in total. The van der Waals surface area contributed by atoms with Gasteiger partial charge in [-0.1, -0.05) is 12.1 Å². The minimum Gasteiger partial charge on any atom is -0.397 e. The van der Waals surface area contributed by atoms with Gasteiger partial charge >= 0.3 is 0 Å². The van der Waals surface area contributed by atoms with Gasteiger partial charge in [-0.05, 0) is 28.1 Å². The third kappa shape index (κ3) is 2.23. The SMILES string of the molecule is N#Cc1ccc(C(=N)c2scc(Br)c2N)cc1. The molecule has 0 aliphatic rings. The summed E-state index contributed by atoms with van der Waals surface area (Å²) in [7, 11) is 0. The molecule has 0 aliphatic carbocycles. The van der Waals surface area contributed by atoms with Crippen LogP contribution in [0.25, 0.3) is 0 Å². The molecule has 0 saturated heterocycles. The standard InChI is InChI=1S/C12H8BrN3S/c13-9-6-17-12(11(9)16)10(15)8-3-1-7(5-14)2-4-8/h1-4,6,15H,16H2. The van der Waals surface area contributed by atoms with Crippen molar-refractivity contribution in [3.8, 4) is 6.07 Å². The van der Waals surface area contributed by atoms with Crippen molar-refractivity contribution in [1.82, 2.24) is 0 Å². The molecule has 0 radical (unpaired) electrons. The van der Waals surface area contributed by atoms with E-state index in [1.54, 1.807) is 24.3 Å². The first kappa shape index (κ1) is 11.8. The quantitative estimate of drug-likeness (QED) is 0.835. The van der Waals surface area contributed by atoms with Gasteiger partial charge < -0.3 is 5.73 Å². The summed E-state index contributed by atoms with van der Waals surface area (Å²) in [5.74, 6) is 0. The van der Waals surface area contributed by atoms with Crippen LogP contribution in [0, 0.1) is 16.7 Å². The van der Waals surface area contributed by atoms with Crippen LogP contribution in [0.3, 0.4) is 0 Å². The summed E-state index contributed by atoms with van der Waals surface area (Å²) in [5, 5.41) is 18.6. The normalized spacial score (nSPS) is 9.88. The van der Waals surface area contributed by atoms with Gasteiger partial charge in [0.15, 0.2) is 0 Å². The maximum Gasteiger partial charge on any atom is 0.0991 e. The van der Waals surface area contributed by atoms with Crippen molar-refractivity contribution in [3.05, 3.63) is 50.1 Å². The van der Waals surface area contributed by atoms with E-state index in [1.807, 2.05) is 11.4 Å². The van der Waals surface area contributed by atoms with E-state index in [0.29, 0.717) is 17.0 Å². The van der Waals surface area contributed by atoms with Crippen LogP contribution in [0.4, 0.5) is 5.69 Å². The van der Waals surface area contributed by atoms with E-state index in [4.69, 9.17) is 16.4 Å². The Balaban J connectivity index is 2.38. The number of hydrogen-bond donors (Lipinski definition) is 2. The van der Waals surface area contributed by atoms with Crippen LogP contribution in [0.1, 0.15) is 16.0 Å². The smallest absolute Gasteiger partial charge is 0.0991 e. The molecule has 84 valence electrons. The second-order valence-corrected chi connectivity index (χ2v) is 5.12. The predicted molar refractivity (Wildman–Crippen MR) is 73.5 cm³/mol. The Labute approximate surface area is 111 Å². The monoisotopic (exact) mass is 305 g/mol. The Morgan fingerprint density at radius 1 is 1.35 bits per heavy atom. The molecule has 0 fully saturated rings. The number of nitrogen functional groups attached to an aromatic ring is 1. The van der Waals surface area contributed by atoms with Gasteiger partial charge in [0.25, 0.3) is 0 Å². The topological polar surface area (TPSA) is 73.7 Å². The van der Waals surface area contributed by atoms with E-state index in [-0.39, 0.29) is 0 Å². The molecule has 0 unspecified atom stereocenters. The van der Waals surface area contributed by atoms with Gasteiger partial charge in [-0.3, -0.25) is 5.41 Å². The van der Waals surface area contributed by atoms with Crippen LogP contribution in [-0.2, 0) is 0 Å². The van der Waals surface area contributed by atoms with E-state index in [2.05, 4.69) is 15.9 Å². The lowest BCUT2D eigenvalue weighted by Crippen LogP contribution is -2.02. The summed E-state index contributed by atoms with van der Waals surface area (Å²) in [5.41, 5.74) is 8.17. The third-order valence-corrected chi connectivity index (χ3v) is 4.28. The van der Waals surface area contributed by atoms with Crippen molar-refractivity contribution in [3.63, 3.8) is 0 Å². The lowest BCUT2D eigenvalue weighted by atomic mass is 10.1. The van der Waals surface area contributed by atoms with Crippen LogP contribution in [0.5, 0.6) is 0 Å². The molecule has 1 aromatic heterocycles. The van der Waals surface area contributed by atoms with Gasteiger partial charge in [0, 0.05) is 10.9 Å². The Hall–Kier alpha value is -1.64. The highest BCUT2D eigenvalue weighted by molar-refractivity contribution is 9.10. The summed E-state index contributed by atoms with van der Waals surface area (Å²) >= 11 is 4.75. The maximum atomic E-state index is 8.70. The Morgan fingerprint density at radius 3 is 2.47 bits per heavy atom. The van der Waals surface area contributed by atoms with Crippen molar-refractivity contribution < 1.29 is 0 Å². The van der Waals surface area contributed by atoms with Crippen LogP contribution in [-0.4, -0.2) is 5.71 Å². The predicted octanol–water partition coefficient (Wildman–Crippen LogP) is 3.38. The first-order valence-electron chi connectivity index (χ1n) is 4.75.